The Morgan fingerprint density at radius 1 is 1.27 bits per heavy atom. The van der Waals surface area contributed by atoms with Gasteiger partial charge in [-0.05, 0) is 31.2 Å². The normalized spacial score (nSPS) is 9.53. The van der Waals surface area contributed by atoms with Gasteiger partial charge >= 0.3 is 6.03 Å². The molecule has 0 heterocycles. The highest BCUT2D eigenvalue weighted by Gasteiger charge is 2.09. The van der Waals surface area contributed by atoms with E-state index >= 15 is 0 Å². The number of nitrogens with one attached hydrogen (secondary N) is 1. The van der Waals surface area contributed by atoms with Crippen molar-refractivity contribution in [3.8, 4) is 0 Å². The van der Waals surface area contributed by atoms with Crippen molar-refractivity contribution < 1.29 is 9.59 Å². The number of ketones is 1. The molecule has 0 fully saturated rings. The lowest BCUT2D eigenvalue weighted by molar-refractivity contribution is 0.101. The standard InChI is InChI=1S/C10H12N2O2S/c1-7(13)8-3-5-9(6-4-8)12(15)10(14)11-2/h3-6,15H,1-2H3,(H,11,14). The molecule has 0 bridgehead atoms. The Balaban J connectivity index is 2.89. The molecule has 0 unspecified atom stereocenters. The second-order valence-corrected chi connectivity index (χ2v) is 3.37. The summed E-state index contributed by atoms with van der Waals surface area (Å²) in [6.07, 6.45) is 0. The molecular formula is C10H12N2O2S. The first-order chi connectivity index (χ1) is 7.06. The summed E-state index contributed by atoms with van der Waals surface area (Å²) in [5, 5.41) is 2.44. The topological polar surface area (TPSA) is 49.4 Å². The van der Waals surface area contributed by atoms with E-state index < -0.39 is 0 Å². The summed E-state index contributed by atoms with van der Waals surface area (Å²) in [4.78, 5) is 22.2. The number of nitrogens with zero attached hydrogens (tertiary/aromatic N) is 1. The van der Waals surface area contributed by atoms with Crippen molar-refractivity contribution in [2.45, 2.75) is 6.92 Å². The van der Waals surface area contributed by atoms with Crippen LogP contribution in [0.1, 0.15) is 17.3 Å². The minimum Gasteiger partial charge on any atom is -0.340 e. The van der Waals surface area contributed by atoms with Crippen molar-refractivity contribution >= 4 is 30.3 Å². The van der Waals surface area contributed by atoms with E-state index in [1.165, 1.54) is 18.3 Å². The minimum atomic E-state index is -0.325. The zero-order chi connectivity index (χ0) is 11.4. The number of carbonyl (C=O) groups excluding carboxylic acids is 2. The SMILES string of the molecule is CNC(=O)N(S)c1ccc(C(C)=O)cc1. The van der Waals surface area contributed by atoms with Crippen LogP contribution < -0.4 is 9.62 Å². The van der Waals surface area contributed by atoms with Crippen LogP contribution in [0.5, 0.6) is 0 Å². The van der Waals surface area contributed by atoms with Crippen LogP contribution in [-0.2, 0) is 0 Å². The van der Waals surface area contributed by atoms with Gasteiger partial charge in [0.25, 0.3) is 0 Å². The number of anilines is 1. The third-order valence-electron chi connectivity index (χ3n) is 1.92. The third kappa shape index (κ3) is 2.73. The lowest BCUT2D eigenvalue weighted by atomic mass is 10.1. The molecule has 0 aliphatic carbocycles. The third-order valence-corrected chi connectivity index (χ3v) is 2.34. The van der Waals surface area contributed by atoms with Gasteiger partial charge in [-0.1, -0.05) is 12.8 Å². The molecule has 15 heavy (non-hydrogen) atoms. The van der Waals surface area contributed by atoms with E-state index in [0.717, 1.165) is 0 Å². The van der Waals surface area contributed by atoms with Gasteiger partial charge in [-0.15, -0.1) is 0 Å². The highest BCUT2D eigenvalue weighted by Crippen LogP contribution is 2.17. The van der Waals surface area contributed by atoms with Crippen molar-refractivity contribution in [1.82, 2.24) is 5.32 Å². The van der Waals surface area contributed by atoms with Crippen molar-refractivity contribution in [2.75, 3.05) is 11.4 Å². The lowest BCUT2D eigenvalue weighted by Gasteiger charge is -2.14. The molecule has 0 saturated carbocycles. The lowest BCUT2D eigenvalue weighted by Crippen LogP contribution is -2.30. The predicted molar refractivity (Wildman–Crippen MR) is 62.4 cm³/mol. The number of carbonyl (C=O) groups is 2. The molecule has 1 aromatic carbocycles. The van der Waals surface area contributed by atoms with Gasteiger partial charge in [0, 0.05) is 12.6 Å². The monoisotopic (exact) mass is 224 g/mol. The van der Waals surface area contributed by atoms with Crippen LogP contribution in [0.4, 0.5) is 10.5 Å². The Kier molecular flexibility index (Phi) is 3.74. The van der Waals surface area contributed by atoms with Gasteiger partial charge in [-0.25, -0.2) is 9.10 Å². The molecule has 80 valence electrons. The van der Waals surface area contributed by atoms with Crippen molar-refractivity contribution in [2.24, 2.45) is 0 Å². The molecule has 5 heteroatoms. The van der Waals surface area contributed by atoms with Gasteiger partial charge in [-0.2, -0.15) is 0 Å². The van der Waals surface area contributed by atoms with Crippen LogP contribution in [0, 0.1) is 0 Å². The largest absolute Gasteiger partial charge is 0.340 e. The number of hydrogen-bond donors (Lipinski definition) is 2. The summed E-state index contributed by atoms with van der Waals surface area (Å²) in [7, 11) is 1.52. The molecule has 0 aliphatic rings. The zero-order valence-corrected chi connectivity index (χ0v) is 9.41. The van der Waals surface area contributed by atoms with Gasteiger partial charge < -0.3 is 5.32 Å². The maximum atomic E-state index is 11.2. The molecule has 0 radical (unpaired) electrons. The molecule has 0 saturated heterocycles. The van der Waals surface area contributed by atoms with Crippen LogP contribution in [0.25, 0.3) is 0 Å². The van der Waals surface area contributed by atoms with E-state index in [1.54, 1.807) is 24.3 Å². The molecular weight excluding hydrogens is 212 g/mol. The number of rotatable bonds is 2. The Morgan fingerprint density at radius 2 is 1.80 bits per heavy atom. The Hall–Kier alpha value is -1.49. The summed E-state index contributed by atoms with van der Waals surface area (Å²) >= 11 is 4.02. The molecule has 0 atom stereocenters. The minimum absolute atomic E-state index is 0.00722. The van der Waals surface area contributed by atoms with Crippen LogP contribution >= 0.6 is 12.8 Å². The van der Waals surface area contributed by atoms with Crippen molar-refractivity contribution in [3.05, 3.63) is 29.8 Å². The molecule has 0 aliphatic heterocycles. The van der Waals surface area contributed by atoms with Gasteiger partial charge in [0.1, 0.15) is 0 Å². The van der Waals surface area contributed by atoms with E-state index in [9.17, 15) is 9.59 Å². The Bertz CT molecular complexity index is 376. The highest BCUT2D eigenvalue weighted by molar-refractivity contribution is 7.82. The molecule has 1 N–H and O–H groups in total. The number of thiol groups is 1. The molecule has 1 aromatic rings. The van der Waals surface area contributed by atoms with E-state index in [0.29, 0.717) is 11.3 Å². The Labute approximate surface area is 93.8 Å². The quantitative estimate of drug-likeness (QED) is 0.595. The fraction of sp³-hybridized carbons (Fsp3) is 0.200. The first kappa shape index (κ1) is 11.6. The number of Topliss-reactive ketones (excluding diaryl/α,β-unsaturated/α-hetero) is 1. The number of benzene rings is 1. The van der Waals surface area contributed by atoms with E-state index in [2.05, 4.69) is 18.1 Å². The van der Waals surface area contributed by atoms with Crippen LogP contribution in [0.2, 0.25) is 0 Å². The summed E-state index contributed by atoms with van der Waals surface area (Å²) in [5.74, 6) is -0.00722. The number of urea groups is 1. The Morgan fingerprint density at radius 3 is 2.20 bits per heavy atom. The smallest absolute Gasteiger partial charge is 0.331 e. The first-order valence-corrected chi connectivity index (χ1v) is 4.78. The summed E-state index contributed by atoms with van der Waals surface area (Å²) in [6, 6.07) is 6.32. The average Bonchev–Trinajstić information content (AvgIpc) is 2.27. The van der Waals surface area contributed by atoms with Crippen molar-refractivity contribution in [1.29, 1.82) is 0 Å². The maximum absolute atomic E-state index is 11.2. The molecule has 2 amide bonds. The molecule has 4 nitrogen and oxygen atoms in total. The average molecular weight is 224 g/mol. The van der Waals surface area contributed by atoms with E-state index in [-0.39, 0.29) is 11.8 Å². The summed E-state index contributed by atoms with van der Waals surface area (Å²) < 4.78 is 1.17. The summed E-state index contributed by atoms with van der Waals surface area (Å²) in [6.45, 7) is 1.49. The van der Waals surface area contributed by atoms with Crippen LogP contribution in [-0.4, -0.2) is 18.9 Å². The van der Waals surface area contributed by atoms with E-state index in [4.69, 9.17) is 0 Å². The fourth-order valence-corrected chi connectivity index (χ4v) is 1.29. The first-order valence-electron chi connectivity index (χ1n) is 4.38. The second kappa shape index (κ2) is 4.84. The van der Waals surface area contributed by atoms with Crippen LogP contribution in [0.3, 0.4) is 0 Å². The second-order valence-electron chi connectivity index (χ2n) is 2.97. The number of hydrogen-bond acceptors (Lipinski definition) is 3. The maximum Gasteiger partial charge on any atom is 0.331 e. The van der Waals surface area contributed by atoms with Gasteiger partial charge in [0.05, 0.1) is 5.69 Å². The molecule has 0 aromatic heterocycles. The number of amides is 2. The molecule has 0 spiro atoms. The van der Waals surface area contributed by atoms with Gasteiger partial charge in [-0.3, -0.25) is 4.79 Å². The fourth-order valence-electron chi connectivity index (χ4n) is 1.06. The molecule has 1 rings (SSSR count). The highest BCUT2D eigenvalue weighted by atomic mass is 32.1. The van der Waals surface area contributed by atoms with Crippen LogP contribution in [0.15, 0.2) is 24.3 Å². The van der Waals surface area contributed by atoms with Gasteiger partial charge in [0.15, 0.2) is 5.78 Å². The van der Waals surface area contributed by atoms with E-state index in [1.807, 2.05) is 0 Å². The van der Waals surface area contributed by atoms with Gasteiger partial charge in [0.2, 0.25) is 0 Å². The zero-order valence-electron chi connectivity index (χ0n) is 8.52. The summed E-state index contributed by atoms with van der Waals surface area (Å²) in [5.41, 5.74) is 1.22. The predicted octanol–water partition coefficient (Wildman–Crippen LogP) is 1.88. The van der Waals surface area contributed by atoms with Crippen molar-refractivity contribution in [3.63, 3.8) is 0 Å².